The molecule has 19 heavy (non-hydrogen) atoms. The predicted octanol–water partition coefficient (Wildman–Crippen LogP) is 3.26. The van der Waals surface area contributed by atoms with Crippen molar-refractivity contribution in [2.75, 3.05) is 13.7 Å². The van der Waals surface area contributed by atoms with E-state index in [1.807, 2.05) is 12.1 Å². The van der Waals surface area contributed by atoms with Crippen molar-refractivity contribution < 1.29 is 9.53 Å². The fourth-order valence-corrected chi connectivity index (χ4v) is 1.57. The number of rotatable bonds is 4. The third-order valence-corrected chi connectivity index (χ3v) is 2.64. The van der Waals surface area contributed by atoms with Crippen LogP contribution in [-0.2, 0) is 4.74 Å². The summed E-state index contributed by atoms with van der Waals surface area (Å²) in [7, 11) is 1.39. The number of nitrogens with one attached hydrogen (secondary N) is 1. The molecule has 0 bridgehead atoms. The molecule has 0 spiro atoms. The van der Waals surface area contributed by atoms with E-state index >= 15 is 0 Å². The summed E-state index contributed by atoms with van der Waals surface area (Å²) in [5, 5.41) is 3.44. The van der Waals surface area contributed by atoms with E-state index in [1.165, 1.54) is 12.7 Å². The van der Waals surface area contributed by atoms with E-state index in [0.717, 1.165) is 12.1 Å². The molecule has 3 nitrogen and oxygen atoms in total. The van der Waals surface area contributed by atoms with Gasteiger partial charge in [-0.15, -0.1) is 0 Å². The van der Waals surface area contributed by atoms with Gasteiger partial charge in [0.15, 0.2) is 0 Å². The van der Waals surface area contributed by atoms with Gasteiger partial charge in [0.25, 0.3) is 0 Å². The monoisotopic (exact) mass is 261 g/mol. The molecule has 0 fully saturated rings. The topological polar surface area (TPSA) is 38.3 Å². The molecular formula is C16H23NO2. The van der Waals surface area contributed by atoms with Crippen molar-refractivity contribution >= 4 is 12.0 Å². The largest absolute Gasteiger partial charge is 0.465 e. The van der Waals surface area contributed by atoms with Crippen molar-refractivity contribution in [3.8, 4) is 0 Å². The van der Waals surface area contributed by atoms with Crippen LogP contribution in [0.2, 0.25) is 0 Å². The average Bonchev–Trinajstić information content (AvgIpc) is 2.35. The van der Waals surface area contributed by atoms with Crippen molar-refractivity contribution in [1.82, 2.24) is 5.32 Å². The van der Waals surface area contributed by atoms with Crippen LogP contribution in [0.5, 0.6) is 0 Å². The van der Waals surface area contributed by atoms with Gasteiger partial charge < -0.3 is 10.1 Å². The number of hydrogen-bond acceptors (Lipinski definition) is 3. The summed E-state index contributed by atoms with van der Waals surface area (Å²) in [6.07, 6.45) is 2.11. The third-order valence-electron chi connectivity index (χ3n) is 2.64. The van der Waals surface area contributed by atoms with Crippen molar-refractivity contribution in [3.05, 3.63) is 41.0 Å². The molecule has 0 heterocycles. The van der Waals surface area contributed by atoms with E-state index in [0.29, 0.717) is 5.56 Å². The van der Waals surface area contributed by atoms with Crippen LogP contribution in [0.15, 0.2) is 29.8 Å². The number of benzene rings is 1. The Morgan fingerprint density at radius 3 is 2.32 bits per heavy atom. The first-order chi connectivity index (χ1) is 8.81. The molecule has 1 aromatic rings. The molecule has 0 aliphatic rings. The number of hydrogen-bond donors (Lipinski definition) is 1. The van der Waals surface area contributed by atoms with E-state index in [-0.39, 0.29) is 11.5 Å². The maximum atomic E-state index is 11.3. The Morgan fingerprint density at radius 1 is 1.26 bits per heavy atom. The van der Waals surface area contributed by atoms with Crippen LogP contribution in [-0.4, -0.2) is 25.2 Å². The Kier molecular flexibility index (Phi) is 5.31. The number of carbonyl (C=O) groups is 1. The van der Waals surface area contributed by atoms with Crippen molar-refractivity contribution in [2.45, 2.75) is 33.2 Å². The summed E-state index contributed by atoms with van der Waals surface area (Å²) >= 11 is 0. The number of methoxy groups -OCH3 is 1. The number of carbonyl (C=O) groups excluding carboxylic acids is 1. The van der Waals surface area contributed by atoms with Crippen LogP contribution >= 0.6 is 0 Å². The quantitative estimate of drug-likeness (QED) is 0.845. The Labute approximate surface area is 115 Å². The molecule has 3 heteroatoms. The van der Waals surface area contributed by atoms with Gasteiger partial charge in [-0.05, 0) is 45.4 Å². The minimum atomic E-state index is -0.304. The molecule has 0 saturated carbocycles. The van der Waals surface area contributed by atoms with Gasteiger partial charge in [0, 0.05) is 12.1 Å². The molecule has 0 aromatic heterocycles. The molecule has 0 aliphatic heterocycles. The molecule has 1 aromatic carbocycles. The third kappa shape index (κ3) is 5.71. The van der Waals surface area contributed by atoms with Crippen LogP contribution in [0.4, 0.5) is 0 Å². The Balaban J connectivity index is 2.68. The molecule has 0 atom stereocenters. The molecule has 0 aliphatic carbocycles. The van der Waals surface area contributed by atoms with Gasteiger partial charge in [-0.1, -0.05) is 23.8 Å². The second kappa shape index (κ2) is 6.53. The second-order valence-electron chi connectivity index (χ2n) is 5.71. The maximum absolute atomic E-state index is 11.3. The zero-order valence-electron chi connectivity index (χ0n) is 12.4. The van der Waals surface area contributed by atoms with Gasteiger partial charge in [0.05, 0.1) is 12.7 Å². The SMILES string of the molecule is COC(=O)c1ccc(C=C(C)CNC(C)(C)C)cc1. The minimum Gasteiger partial charge on any atom is -0.465 e. The standard InChI is InChI=1S/C16H23NO2/c1-12(11-17-16(2,3)4)10-13-6-8-14(9-7-13)15(18)19-5/h6-10,17H,11H2,1-5H3. The zero-order valence-corrected chi connectivity index (χ0v) is 12.4. The fraction of sp³-hybridized carbons (Fsp3) is 0.438. The van der Waals surface area contributed by atoms with Crippen LogP contribution < -0.4 is 5.32 Å². The first-order valence-electron chi connectivity index (χ1n) is 6.42. The second-order valence-corrected chi connectivity index (χ2v) is 5.71. The molecule has 0 saturated heterocycles. The lowest BCUT2D eigenvalue weighted by Crippen LogP contribution is -2.36. The van der Waals surface area contributed by atoms with Crippen molar-refractivity contribution in [3.63, 3.8) is 0 Å². The molecule has 1 rings (SSSR count). The molecule has 104 valence electrons. The van der Waals surface area contributed by atoms with Gasteiger partial charge in [0.1, 0.15) is 0 Å². The Morgan fingerprint density at radius 2 is 1.84 bits per heavy atom. The highest BCUT2D eigenvalue weighted by molar-refractivity contribution is 5.89. The maximum Gasteiger partial charge on any atom is 0.337 e. The summed E-state index contributed by atoms with van der Waals surface area (Å²) in [4.78, 5) is 11.3. The summed E-state index contributed by atoms with van der Waals surface area (Å²) in [6.45, 7) is 9.37. The fourth-order valence-electron chi connectivity index (χ4n) is 1.57. The first-order valence-corrected chi connectivity index (χ1v) is 6.42. The first kappa shape index (κ1) is 15.4. The van der Waals surface area contributed by atoms with Gasteiger partial charge in [-0.3, -0.25) is 0 Å². The molecule has 0 radical (unpaired) electrons. The smallest absolute Gasteiger partial charge is 0.337 e. The van der Waals surface area contributed by atoms with Crippen LogP contribution in [0, 0.1) is 0 Å². The van der Waals surface area contributed by atoms with E-state index in [4.69, 9.17) is 0 Å². The van der Waals surface area contributed by atoms with E-state index < -0.39 is 0 Å². The molecule has 0 unspecified atom stereocenters. The minimum absolute atomic E-state index is 0.115. The van der Waals surface area contributed by atoms with Crippen molar-refractivity contribution in [2.24, 2.45) is 0 Å². The zero-order chi connectivity index (χ0) is 14.5. The highest BCUT2D eigenvalue weighted by Crippen LogP contribution is 2.10. The number of esters is 1. The van der Waals surface area contributed by atoms with Gasteiger partial charge in [-0.25, -0.2) is 4.79 Å². The summed E-state index contributed by atoms with van der Waals surface area (Å²) in [5.41, 5.74) is 3.02. The highest BCUT2D eigenvalue weighted by atomic mass is 16.5. The Hall–Kier alpha value is -1.61. The lowest BCUT2D eigenvalue weighted by molar-refractivity contribution is 0.0600. The summed E-state index contributed by atoms with van der Waals surface area (Å²) in [5.74, 6) is -0.304. The van der Waals surface area contributed by atoms with Crippen LogP contribution in [0.1, 0.15) is 43.6 Å². The van der Waals surface area contributed by atoms with Crippen LogP contribution in [0.25, 0.3) is 6.08 Å². The lowest BCUT2D eigenvalue weighted by atomic mass is 10.1. The Bertz CT molecular complexity index is 453. The predicted molar refractivity (Wildman–Crippen MR) is 79.2 cm³/mol. The van der Waals surface area contributed by atoms with E-state index in [2.05, 4.69) is 43.8 Å². The lowest BCUT2D eigenvalue weighted by Gasteiger charge is -2.20. The van der Waals surface area contributed by atoms with Crippen molar-refractivity contribution in [1.29, 1.82) is 0 Å². The van der Waals surface area contributed by atoms with Gasteiger partial charge >= 0.3 is 5.97 Å². The van der Waals surface area contributed by atoms with Gasteiger partial charge in [0.2, 0.25) is 0 Å². The van der Waals surface area contributed by atoms with Crippen LogP contribution in [0.3, 0.4) is 0 Å². The highest BCUT2D eigenvalue weighted by Gasteiger charge is 2.08. The molecule has 1 N–H and O–H groups in total. The van der Waals surface area contributed by atoms with Gasteiger partial charge in [-0.2, -0.15) is 0 Å². The average molecular weight is 261 g/mol. The normalized spacial score (nSPS) is 12.4. The van der Waals surface area contributed by atoms with E-state index in [1.54, 1.807) is 12.1 Å². The molecule has 0 amide bonds. The van der Waals surface area contributed by atoms with E-state index in [9.17, 15) is 4.79 Å². The summed E-state index contributed by atoms with van der Waals surface area (Å²) < 4.78 is 4.67. The summed E-state index contributed by atoms with van der Waals surface area (Å²) in [6, 6.07) is 7.41. The molecular weight excluding hydrogens is 238 g/mol. The number of ether oxygens (including phenoxy) is 1.